The standard InChI is InChI=1S/C29H22N2O4/c1-17-24(29(33)34-2)25(26-27(31-17)20-11-5-6-12-21(20)28(26)32)22-13-7-8-14-23(22)35-16-19-10-4-3-9-18(19)15-30/h3-14,25,31H,16H2,1-2H3/t25-/m0/s1. The average Bonchev–Trinajstić information content (AvgIpc) is 3.18. The lowest BCUT2D eigenvalue weighted by molar-refractivity contribution is -0.136. The Labute approximate surface area is 203 Å². The molecular weight excluding hydrogens is 440 g/mol. The Kier molecular flexibility index (Phi) is 5.68. The molecule has 1 heterocycles. The molecule has 0 bridgehead atoms. The lowest BCUT2D eigenvalue weighted by Gasteiger charge is -2.30. The maximum absolute atomic E-state index is 13.6. The minimum atomic E-state index is -0.680. The summed E-state index contributed by atoms with van der Waals surface area (Å²) >= 11 is 0. The van der Waals surface area contributed by atoms with Gasteiger partial charge in [0.25, 0.3) is 0 Å². The number of carbonyl (C=O) groups excluding carboxylic acids is 2. The van der Waals surface area contributed by atoms with Gasteiger partial charge >= 0.3 is 5.97 Å². The lowest BCUT2D eigenvalue weighted by atomic mass is 9.79. The molecule has 1 N–H and O–H groups in total. The van der Waals surface area contributed by atoms with Crippen molar-refractivity contribution in [2.75, 3.05) is 7.11 Å². The second-order valence-electron chi connectivity index (χ2n) is 8.35. The van der Waals surface area contributed by atoms with E-state index in [2.05, 4.69) is 11.4 Å². The highest BCUT2D eigenvalue weighted by Gasteiger charge is 2.43. The molecule has 0 unspecified atom stereocenters. The van der Waals surface area contributed by atoms with Crippen LogP contribution in [-0.2, 0) is 16.1 Å². The van der Waals surface area contributed by atoms with Gasteiger partial charge in [-0.2, -0.15) is 5.26 Å². The van der Waals surface area contributed by atoms with Crippen molar-refractivity contribution in [3.05, 3.63) is 117 Å². The molecule has 1 aliphatic heterocycles. The van der Waals surface area contributed by atoms with Gasteiger partial charge in [0.05, 0.1) is 35.9 Å². The molecule has 172 valence electrons. The van der Waals surface area contributed by atoms with E-state index in [0.717, 1.165) is 11.1 Å². The van der Waals surface area contributed by atoms with Gasteiger partial charge in [-0.25, -0.2) is 4.79 Å². The molecule has 3 aromatic carbocycles. The van der Waals surface area contributed by atoms with Gasteiger partial charge in [0.2, 0.25) is 0 Å². The van der Waals surface area contributed by atoms with Crippen LogP contribution in [0.25, 0.3) is 5.70 Å². The van der Waals surface area contributed by atoms with E-state index in [1.165, 1.54) is 7.11 Å². The molecule has 2 aliphatic rings. The Balaban J connectivity index is 1.63. The van der Waals surface area contributed by atoms with Crippen molar-refractivity contribution in [3.8, 4) is 11.8 Å². The average molecular weight is 463 g/mol. The number of hydrogen-bond donors (Lipinski definition) is 1. The van der Waals surface area contributed by atoms with Gasteiger partial charge in [-0.1, -0.05) is 60.7 Å². The molecule has 1 aliphatic carbocycles. The number of rotatable bonds is 5. The summed E-state index contributed by atoms with van der Waals surface area (Å²) in [6.45, 7) is 1.98. The smallest absolute Gasteiger partial charge is 0.336 e. The van der Waals surface area contributed by atoms with E-state index in [9.17, 15) is 14.9 Å². The number of nitrogens with one attached hydrogen (secondary N) is 1. The molecule has 0 radical (unpaired) electrons. The van der Waals surface area contributed by atoms with Gasteiger partial charge in [0.1, 0.15) is 12.4 Å². The largest absolute Gasteiger partial charge is 0.489 e. The molecule has 0 saturated carbocycles. The van der Waals surface area contributed by atoms with Crippen LogP contribution in [0.4, 0.5) is 0 Å². The van der Waals surface area contributed by atoms with E-state index in [4.69, 9.17) is 9.47 Å². The van der Waals surface area contributed by atoms with E-state index in [0.29, 0.717) is 45.0 Å². The van der Waals surface area contributed by atoms with E-state index in [1.807, 2.05) is 54.6 Å². The van der Waals surface area contributed by atoms with Crippen LogP contribution in [0.2, 0.25) is 0 Å². The van der Waals surface area contributed by atoms with E-state index in [1.54, 1.807) is 25.1 Å². The Hall–Kier alpha value is -4.63. The fraction of sp³-hybridized carbons (Fsp3) is 0.138. The predicted octanol–water partition coefficient (Wildman–Crippen LogP) is 4.88. The lowest BCUT2D eigenvalue weighted by Crippen LogP contribution is -2.29. The molecule has 6 heteroatoms. The molecule has 0 saturated heterocycles. The van der Waals surface area contributed by atoms with Gasteiger partial charge in [-0.15, -0.1) is 0 Å². The topological polar surface area (TPSA) is 88.4 Å². The first-order valence-corrected chi connectivity index (χ1v) is 11.2. The Morgan fingerprint density at radius 3 is 2.46 bits per heavy atom. The summed E-state index contributed by atoms with van der Waals surface area (Å²) in [6.07, 6.45) is 0. The molecule has 0 spiro atoms. The van der Waals surface area contributed by atoms with Crippen LogP contribution in [0.1, 0.15) is 45.5 Å². The third-order valence-corrected chi connectivity index (χ3v) is 6.41. The minimum Gasteiger partial charge on any atom is -0.489 e. The highest BCUT2D eigenvalue weighted by molar-refractivity contribution is 6.23. The Morgan fingerprint density at radius 2 is 1.69 bits per heavy atom. The van der Waals surface area contributed by atoms with Crippen LogP contribution in [0, 0.1) is 11.3 Å². The van der Waals surface area contributed by atoms with Gasteiger partial charge in [0.15, 0.2) is 5.78 Å². The SMILES string of the molecule is COC(=O)C1=C(C)NC2=C(C(=O)c3ccccc32)[C@H]1c1ccccc1OCc1ccccc1C#N. The summed E-state index contributed by atoms with van der Waals surface area (Å²) in [4.78, 5) is 26.6. The monoisotopic (exact) mass is 462 g/mol. The summed E-state index contributed by atoms with van der Waals surface area (Å²) in [5, 5.41) is 12.7. The number of fused-ring (bicyclic) bond motifs is 2. The number of Topliss-reactive ketones (excluding diaryl/α,β-unsaturated/α-hetero) is 1. The maximum atomic E-state index is 13.6. The summed E-state index contributed by atoms with van der Waals surface area (Å²) in [7, 11) is 1.33. The number of nitriles is 1. The number of ether oxygens (including phenoxy) is 2. The first kappa shape index (κ1) is 22.2. The highest BCUT2D eigenvalue weighted by Crippen LogP contribution is 2.48. The van der Waals surface area contributed by atoms with Crippen molar-refractivity contribution >= 4 is 17.4 Å². The van der Waals surface area contributed by atoms with Gasteiger partial charge < -0.3 is 14.8 Å². The van der Waals surface area contributed by atoms with Crippen LogP contribution in [-0.4, -0.2) is 18.9 Å². The summed E-state index contributed by atoms with van der Waals surface area (Å²) in [6, 6.07) is 24.2. The van der Waals surface area contributed by atoms with Crippen molar-refractivity contribution in [3.63, 3.8) is 0 Å². The number of carbonyl (C=O) groups is 2. The number of para-hydroxylation sites is 1. The van der Waals surface area contributed by atoms with Gasteiger partial charge in [0, 0.05) is 33.5 Å². The van der Waals surface area contributed by atoms with Gasteiger partial charge in [-0.05, 0) is 19.1 Å². The van der Waals surface area contributed by atoms with Crippen molar-refractivity contribution in [1.82, 2.24) is 5.32 Å². The van der Waals surface area contributed by atoms with Crippen LogP contribution in [0.15, 0.2) is 89.6 Å². The van der Waals surface area contributed by atoms with E-state index >= 15 is 0 Å². The molecule has 3 aromatic rings. The Morgan fingerprint density at radius 1 is 1.00 bits per heavy atom. The molecule has 35 heavy (non-hydrogen) atoms. The molecule has 0 aromatic heterocycles. The second kappa shape index (κ2) is 8.96. The number of dihydropyridines is 1. The fourth-order valence-electron chi connectivity index (χ4n) is 4.78. The van der Waals surface area contributed by atoms with Crippen molar-refractivity contribution in [2.45, 2.75) is 19.4 Å². The van der Waals surface area contributed by atoms with E-state index in [-0.39, 0.29) is 12.4 Å². The highest BCUT2D eigenvalue weighted by atomic mass is 16.5. The first-order valence-electron chi connectivity index (χ1n) is 11.2. The zero-order chi connectivity index (χ0) is 24.5. The quantitative estimate of drug-likeness (QED) is 0.544. The zero-order valence-electron chi connectivity index (χ0n) is 19.3. The Bertz CT molecular complexity index is 1480. The van der Waals surface area contributed by atoms with Gasteiger partial charge in [-0.3, -0.25) is 4.79 Å². The van der Waals surface area contributed by atoms with Crippen LogP contribution >= 0.6 is 0 Å². The number of hydrogen-bond acceptors (Lipinski definition) is 6. The van der Waals surface area contributed by atoms with Crippen LogP contribution in [0.5, 0.6) is 5.75 Å². The third kappa shape index (κ3) is 3.68. The number of nitrogens with zero attached hydrogens (tertiary/aromatic N) is 1. The van der Waals surface area contributed by atoms with Crippen molar-refractivity contribution in [1.29, 1.82) is 5.26 Å². The van der Waals surface area contributed by atoms with E-state index < -0.39 is 11.9 Å². The maximum Gasteiger partial charge on any atom is 0.336 e. The van der Waals surface area contributed by atoms with Crippen molar-refractivity contribution < 1.29 is 19.1 Å². The summed E-state index contributed by atoms with van der Waals surface area (Å²) in [5.41, 5.74) is 5.53. The molecule has 5 rings (SSSR count). The zero-order valence-corrected chi connectivity index (χ0v) is 19.3. The minimum absolute atomic E-state index is 0.133. The predicted molar refractivity (Wildman–Crippen MR) is 130 cm³/mol. The van der Waals surface area contributed by atoms with Crippen LogP contribution < -0.4 is 10.1 Å². The molecule has 0 amide bonds. The number of esters is 1. The second-order valence-corrected chi connectivity index (χ2v) is 8.35. The molecule has 1 atom stereocenters. The molecule has 0 fully saturated rings. The first-order chi connectivity index (χ1) is 17.0. The number of benzene rings is 3. The van der Waals surface area contributed by atoms with Crippen molar-refractivity contribution in [2.24, 2.45) is 0 Å². The van der Waals surface area contributed by atoms with Crippen LogP contribution in [0.3, 0.4) is 0 Å². The fourth-order valence-corrected chi connectivity index (χ4v) is 4.78. The molecular formula is C29H22N2O4. The normalized spacial score (nSPS) is 16.3. The summed E-state index contributed by atoms with van der Waals surface area (Å²) < 4.78 is 11.3. The number of allylic oxidation sites excluding steroid dienone is 2. The summed E-state index contributed by atoms with van der Waals surface area (Å²) in [5.74, 6) is -0.801. The molecule has 6 nitrogen and oxygen atoms in total. The number of methoxy groups -OCH3 is 1. The third-order valence-electron chi connectivity index (χ3n) is 6.41. The number of ketones is 1.